The van der Waals surface area contributed by atoms with E-state index >= 15 is 0 Å². The minimum absolute atomic E-state index is 0.705. The van der Waals surface area contributed by atoms with Gasteiger partial charge in [0.2, 0.25) is 0 Å². The molecular weight excluding hydrogens is 204 g/mol. The van der Waals surface area contributed by atoms with Crippen LogP contribution < -0.4 is 0 Å². The van der Waals surface area contributed by atoms with E-state index in [2.05, 4.69) is 33.3 Å². The van der Waals surface area contributed by atoms with Gasteiger partial charge in [0.05, 0.1) is 16.9 Å². The van der Waals surface area contributed by atoms with Crippen molar-refractivity contribution >= 4 is 11.3 Å². The summed E-state index contributed by atoms with van der Waals surface area (Å²) in [6.07, 6.45) is 7.60. The molecular formula is C12H14N2S. The number of nitrogens with zero attached hydrogens (tertiary/aromatic N) is 2. The van der Waals surface area contributed by atoms with Crippen LogP contribution in [0.2, 0.25) is 0 Å². The lowest BCUT2D eigenvalue weighted by Gasteiger charge is -2.14. The average Bonchev–Trinajstić information content (AvgIpc) is 3.01. The Morgan fingerprint density at radius 2 is 2.20 bits per heavy atom. The molecule has 78 valence electrons. The van der Waals surface area contributed by atoms with E-state index in [0.717, 1.165) is 5.69 Å². The number of thiazole rings is 1. The highest BCUT2D eigenvalue weighted by atomic mass is 32.1. The number of hydrogen-bond donors (Lipinski definition) is 0. The van der Waals surface area contributed by atoms with Crippen molar-refractivity contribution in [2.24, 2.45) is 0 Å². The molecule has 0 radical (unpaired) electrons. The first-order chi connectivity index (χ1) is 7.45. The van der Waals surface area contributed by atoms with Gasteiger partial charge in [0.25, 0.3) is 0 Å². The summed E-state index contributed by atoms with van der Waals surface area (Å²) in [5.74, 6) is 0. The molecule has 2 aromatic rings. The van der Waals surface area contributed by atoms with Gasteiger partial charge >= 0.3 is 0 Å². The molecule has 3 heteroatoms. The fourth-order valence-electron chi connectivity index (χ4n) is 2.45. The summed E-state index contributed by atoms with van der Waals surface area (Å²) in [6, 6.07) is 5.01. The van der Waals surface area contributed by atoms with Crippen LogP contribution in [0.25, 0.3) is 11.4 Å². The molecule has 2 nitrogen and oxygen atoms in total. The summed E-state index contributed by atoms with van der Waals surface area (Å²) in [5, 5.41) is 2.13. The highest BCUT2D eigenvalue weighted by Gasteiger charge is 2.19. The zero-order chi connectivity index (χ0) is 10.1. The Kier molecular flexibility index (Phi) is 2.33. The van der Waals surface area contributed by atoms with Crippen LogP contribution in [-0.4, -0.2) is 9.55 Å². The molecule has 0 spiro atoms. The first-order valence-corrected chi connectivity index (χ1v) is 6.45. The van der Waals surface area contributed by atoms with Crippen LogP contribution >= 0.6 is 11.3 Å². The predicted molar refractivity (Wildman–Crippen MR) is 63.0 cm³/mol. The molecule has 0 unspecified atom stereocenters. The Labute approximate surface area is 93.6 Å². The second kappa shape index (κ2) is 3.81. The number of hydrogen-bond acceptors (Lipinski definition) is 2. The van der Waals surface area contributed by atoms with Crippen molar-refractivity contribution in [1.29, 1.82) is 0 Å². The lowest BCUT2D eigenvalue weighted by molar-refractivity contribution is 0.525. The molecule has 15 heavy (non-hydrogen) atoms. The topological polar surface area (TPSA) is 17.8 Å². The third kappa shape index (κ3) is 1.61. The van der Waals surface area contributed by atoms with E-state index in [9.17, 15) is 0 Å². The molecule has 0 saturated heterocycles. The fourth-order valence-corrected chi connectivity index (χ4v) is 3.00. The largest absolute Gasteiger partial charge is 0.343 e. The van der Waals surface area contributed by atoms with Crippen LogP contribution in [0, 0.1) is 0 Å². The third-order valence-electron chi connectivity index (χ3n) is 3.19. The molecule has 1 saturated carbocycles. The highest BCUT2D eigenvalue weighted by Crippen LogP contribution is 2.33. The highest BCUT2D eigenvalue weighted by molar-refractivity contribution is 7.07. The maximum absolute atomic E-state index is 4.39. The maximum Gasteiger partial charge on any atom is 0.0975 e. The third-order valence-corrected chi connectivity index (χ3v) is 3.78. The summed E-state index contributed by atoms with van der Waals surface area (Å²) in [4.78, 5) is 4.39. The van der Waals surface area contributed by atoms with Crippen molar-refractivity contribution in [3.05, 3.63) is 29.2 Å². The molecule has 0 bridgehead atoms. The molecule has 3 rings (SSSR count). The van der Waals surface area contributed by atoms with Gasteiger partial charge < -0.3 is 4.57 Å². The van der Waals surface area contributed by atoms with Crippen LogP contribution in [0.3, 0.4) is 0 Å². The summed E-state index contributed by atoms with van der Waals surface area (Å²) < 4.78 is 2.40. The number of aromatic nitrogens is 2. The van der Waals surface area contributed by atoms with E-state index in [1.807, 2.05) is 5.51 Å². The van der Waals surface area contributed by atoms with Crippen LogP contribution in [0.1, 0.15) is 31.7 Å². The van der Waals surface area contributed by atoms with Gasteiger partial charge in [-0.1, -0.05) is 12.8 Å². The van der Waals surface area contributed by atoms with Gasteiger partial charge in [-0.05, 0) is 25.0 Å². The van der Waals surface area contributed by atoms with E-state index in [4.69, 9.17) is 0 Å². The standard InChI is InChI=1S/C12H14N2S/c1-2-5-10(4-1)14-7-3-6-12(14)11-8-15-9-13-11/h3,6-10H,1-2,4-5H2. The van der Waals surface area contributed by atoms with Crippen molar-refractivity contribution in [2.45, 2.75) is 31.7 Å². The van der Waals surface area contributed by atoms with Gasteiger partial charge in [-0.15, -0.1) is 11.3 Å². The summed E-state index contributed by atoms with van der Waals surface area (Å²) >= 11 is 1.66. The molecule has 2 heterocycles. The quantitative estimate of drug-likeness (QED) is 0.751. The smallest absolute Gasteiger partial charge is 0.0975 e. The second-order valence-electron chi connectivity index (χ2n) is 4.11. The predicted octanol–water partition coefficient (Wildman–Crippen LogP) is 3.73. The van der Waals surface area contributed by atoms with E-state index in [0.29, 0.717) is 6.04 Å². The van der Waals surface area contributed by atoms with Crippen molar-refractivity contribution in [1.82, 2.24) is 9.55 Å². The van der Waals surface area contributed by atoms with Crippen LogP contribution in [-0.2, 0) is 0 Å². The SMILES string of the molecule is c1cc(-c2cscn2)n(C2CCCC2)c1. The Bertz CT molecular complexity index is 424. The zero-order valence-corrected chi connectivity index (χ0v) is 9.41. The molecule has 1 fully saturated rings. The minimum Gasteiger partial charge on any atom is -0.343 e. The Hall–Kier alpha value is -1.09. The van der Waals surface area contributed by atoms with Crippen LogP contribution in [0.4, 0.5) is 0 Å². The van der Waals surface area contributed by atoms with E-state index in [-0.39, 0.29) is 0 Å². The molecule has 0 atom stereocenters. The Balaban J connectivity index is 1.98. The van der Waals surface area contributed by atoms with Gasteiger partial charge in [0.15, 0.2) is 0 Å². The molecule has 0 aromatic carbocycles. The average molecular weight is 218 g/mol. The molecule has 0 aliphatic heterocycles. The van der Waals surface area contributed by atoms with Crippen molar-refractivity contribution in [3.63, 3.8) is 0 Å². The van der Waals surface area contributed by atoms with E-state index in [1.54, 1.807) is 11.3 Å². The lowest BCUT2D eigenvalue weighted by atomic mass is 10.2. The summed E-state index contributed by atoms with van der Waals surface area (Å²) in [7, 11) is 0. The number of rotatable bonds is 2. The zero-order valence-electron chi connectivity index (χ0n) is 8.60. The minimum atomic E-state index is 0.705. The first kappa shape index (κ1) is 9.16. The normalized spacial score (nSPS) is 17.3. The van der Waals surface area contributed by atoms with Crippen LogP contribution in [0.5, 0.6) is 0 Å². The Morgan fingerprint density at radius 1 is 1.33 bits per heavy atom. The molecule has 1 aliphatic carbocycles. The lowest BCUT2D eigenvalue weighted by Crippen LogP contribution is -2.04. The summed E-state index contributed by atoms with van der Waals surface area (Å²) in [5.41, 5.74) is 4.31. The van der Waals surface area contributed by atoms with Gasteiger partial charge in [-0.3, -0.25) is 0 Å². The maximum atomic E-state index is 4.39. The molecule has 1 aliphatic rings. The molecule has 0 N–H and O–H groups in total. The summed E-state index contributed by atoms with van der Waals surface area (Å²) in [6.45, 7) is 0. The van der Waals surface area contributed by atoms with E-state index in [1.165, 1.54) is 31.4 Å². The van der Waals surface area contributed by atoms with Gasteiger partial charge in [0.1, 0.15) is 0 Å². The van der Waals surface area contributed by atoms with Crippen molar-refractivity contribution in [3.8, 4) is 11.4 Å². The molecule has 0 amide bonds. The van der Waals surface area contributed by atoms with Crippen molar-refractivity contribution < 1.29 is 0 Å². The van der Waals surface area contributed by atoms with Crippen molar-refractivity contribution in [2.75, 3.05) is 0 Å². The monoisotopic (exact) mass is 218 g/mol. The fraction of sp³-hybridized carbons (Fsp3) is 0.417. The Morgan fingerprint density at radius 3 is 2.93 bits per heavy atom. The van der Waals surface area contributed by atoms with Gasteiger partial charge in [-0.2, -0.15) is 0 Å². The molecule has 2 aromatic heterocycles. The van der Waals surface area contributed by atoms with Gasteiger partial charge in [0, 0.05) is 17.6 Å². The van der Waals surface area contributed by atoms with Gasteiger partial charge in [-0.25, -0.2) is 4.98 Å². The van der Waals surface area contributed by atoms with E-state index < -0.39 is 0 Å². The van der Waals surface area contributed by atoms with Crippen LogP contribution in [0.15, 0.2) is 29.2 Å². The first-order valence-electron chi connectivity index (χ1n) is 5.50. The second-order valence-corrected chi connectivity index (χ2v) is 4.83.